The number of nitrogens with zero attached hydrogens (tertiary/aromatic N) is 3. The summed E-state index contributed by atoms with van der Waals surface area (Å²) < 4.78 is 6.89. The van der Waals surface area contributed by atoms with Gasteiger partial charge in [0, 0.05) is 49.2 Å². The fraction of sp³-hybridized carbons (Fsp3) is 0.500. The number of rotatable bonds is 6. The zero-order valence-corrected chi connectivity index (χ0v) is 14.3. The van der Waals surface area contributed by atoms with Crippen molar-refractivity contribution >= 4 is 17.2 Å². The molecule has 0 spiro atoms. The maximum absolute atomic E-state index is 11.6. The van der Waals surface area contributed by atoms with Crippen molar-refractivity contribution in [2.24, 2.45) is 0 Å². The highest BCUT2D eigenvalue weighted by Crippen LogP contribution is 2.24. The Morgan fingerprint density at radius 3 is 3.09 bits per heavy atom. The minimum atomic E-state index is -0.0905. The second-order valence-corrected chi connectivity index (χ2v) is 7.21. The molecule has 1 atom stereocenters. The van der Waals surface area contributed by atoms with Crippen molar-refractivity contribution in [3.05, 3.63) is 39.8 Å². The number of amides is 1. The van der Waals surface area contributed by atoms with Gasteiger partial charge in [-0.3, -0.25) is 14.4 Å². The highest BCUT2D eigenvalue weighted by Gasteiger charge is 2.26. The number of methoxy groups -OCH3 is 1. The molecular weight excluding hydrogens is 312 g/mol. The van der Waals surface area contributed by atoms with Gasteiger partial charge in [-0.25, -0.2) is 0 Å². The van der Waals surface area contributed by atoms with Gasteiger partial charge in [-0.1, -0.05) is 0 Å². The van der Waals surface area contributed by atoms with E-state index in [1.807, 2.05) is 22.2 Å². The third-order valence-corrected chi connectivity index (χ3v) is 4.92. The molecule has 0 aliphatic carbocycles. The molecule has 2 aromatic heterocycles. The van der Waals surface area contributed by atoms with Gasteiger partial charge >= 0.3 is 0 Å². The molecule has 0 fully saturated rings. The summed E-state index contributed by atoms with van der Waals surface area (Å²) in [5.41, 5.74) is 1.19. The number of carbonyl (C=O) groups excluding carboxylic acids is 1. The van der Waals surface area contributed by atoms with E-state index in [0.717, 1.165) is 19.6 Å². The molecule has 0 aromatic carbocycles. The molecule has 7 heteroatoms. The lowest BCUT2D eigenvalue weighted by Gasteiger charge is -2.33. The predicted molar refractivity (Wildman–Crippen MR) is 89.3 cm³/mol. The van der Waals surface area contributed by atoms with Crippen LogP contribution >= 0.6 is 11.3 Å². The van der Waals surface area contributed by atoms with Gasteiger partial charge in [0.25, 0.3) is 0 Å². The molecule has 124 valence electrons. The number of ether oxygens (including phenoxy) is 1. The van der Waals surface area contributed by atoms with Crippen molar-refractivity contribution in [1.29, 1.82) is 0 Å². The van der Waals surface area contributed by atoms with Crippen LogP contribution in [0.2, 0.25) is 0 Å². The Labute approximate surface area is 140 Å². The Bertz CT molecular complexity index is 667. The van der Waals surface area contributed by atoms with Crippen LogP contribution in [0.1, 0.15) is 21.5 Å². The molecule has 1 aliphatic heterocycles. The first-order valence-electron chi connectivity index (χ1n) is 7.71. The van der Waals surface area contributed by atoms with E-state index < -0.39 is 0 Å². The van der Waals surface area contributed by atoms with Crippen molar-refractivity contribution in [2.75, 3.05) is 26.8 Å². The van der Waals surface area contributed by atoms with E-state index in [-0.39, 0.29) is 18.6 Å². The average Bonchev–Trinajstić information content (AvgIpc) is 3.14. The average molecular weight is 334 g/mol. The van der Waals surface area contributed by atoms with E-state index in [0.29, 0.717) is 6.54 Å². The zero-order valence-electron chi connectivity index (χ0n) is 13.5. The van der Waals surface area contributed by atoms with Crippen molar-refractivity contribution in [3.63, 3.8) is 0 Å². The molecule has 6 nitrogen and oxygen atoms in total. The Hall–Kier alpha value is -1.70. The first-order valence-corrected chi connectivity index (χ1v) is 8.53. The van der Waals surface area contributed by atoms with Gasteiger partial charge < -0.3 is 10.1 Å². The van der Waals surface area contributed by atoms with Crippen LogP contribution in [0.5, 0.6) is 0 Å². The molecule has 1 N–H and O–H groups in total. The van der Waals surface area contributed by atoms with E-state index in [4.69, 9.17) is 4.74 Å². The zero-order chi connectivity index (χ0) is 16.2. The fourth-order valence-corrected chi connectivity index (χ4v) is 3.87. The summed E-state index contributed by atoms with van der Waals surface area (Å²) in [6, 6.07) is 6.56. The molecule has 3 rings (SSSR count). The smallest absolute Gasteiger partial charge is 0.246 e. The minimum Gasteiger partial charge on any atom is -0.375 e. The van der Waals surface area contributed by atoms with Crippen molar-refractivity contribution in [2.45, 2.75) is 26.1 Å². The number of fused-ring (bicyclic) bond motifs is 1. The summed E-state index contributed by atoms with van der Waals surface area (Å²) in [6.07, 6.45) is 1.83. The Balaban J connectivity index is 1.66. The van der Waals surface area contributed by atoms with Crippen LogP contribution in [-0.2, 0) is 22.6 Å². The van der Waals surface area contributed by atoms with Crippen LogP contribution in [0, 0.1) is 6.92 Å². The van der Waals surface area contributed by atoms with Crippen LogP contribution in [0.15, 0.2) is 24.4 Å². The number of nitrogens with one attached hydrogen (secondary N) is 1. The molecule has 1 aliphatic rings. The van der Waals surface area contributed by atoms with E-state index in [2.05, 4.69) is 40.4 Å². The lowest BCUT2D eigenvalue weighted by atomic mass is 10.2. The summed E-state index contributed by atoms with van der Waals surface area (Å²) in [4.78, 5) is 16.8. The third-order valence-electron chi connectivity index (χ3n) is 3.94. The molecule has 3 heterocycles. The quantitative estimate of drug-likeness (QED) is 0.871. The first kappa shape index (κ1) is 16.2. The Kier molecular flexibility index (Phi) is 5.09. The van der Waals surface area contributed by atoms with Crippen molar-refractivity contribution < 1.29 is 9.53 Å². The number of aromatic nitrogens is 2. The predicted octanol–water partition coefficient (Wildman–Crippen LogP) is 1.57. The SMILES string of the molecule is COCC(=O)NC[C@H]1CN(Cc2ccc(C)s2)Cc2ccnn21. The fourth-order valence-electron chi connectivity index (χ4n) is 2.94. The molecule has 2 aromatic rings. The molecule has 0 bridgehead atoms. The lowest BCUT2D eigenvalue weighted by molar-refractivity contribution is -0.124. The number of aryl methyl sites for hydroxylation is 1. The van der Waals surface area contributed by atoms with Gasteiger partial charge in [-0.05, 0) is 25.1 Å². The second-order valence-electron chi connectivity index (χ2n) is 5.84. The Morgan fingerprint density at radius 1 is 1.48 bits per heavy atom. The monoisotopic (exact) mass is 334 g/mol. The summed E-state index contributed by atoms with van der Waals surface area (Å²) >= 11 is 1.84. The van der Waals surface area contributed by atoms with Gasteiger partial charge in [0.1, 0.15) is 6.61 Å². The molecule has 0 saturated carbocycles. The third kappa shape index (κ3) is 3.99. The van der Waals surface area contributed by atoms with Gasteiger partial charge in [0.05, 0.1) is 11.7 Å². The largest absolute Gasteiger partial charge is 0.375 e. The summed E-state index contributed by atoms with van der Waals surface area (Å²) in [5.74, 6) is -0.0905. The molecule has 0 unspecified atom stereocenters. The minimum absolute atomic E-state index is 0.0905. The van der Waals surface area contributed by atoms with Crippen molar-refractivity contribution in [1.82, 2.24) is 20.0 Å². The van der Waals surface area contributed by atoms with Crippen molar-refractivity contribution in [3.8, 4) is 0 Å². The topological polar surface area (TPSA) is 59.4 Å². The lowest BCUT2D eigenvalue weighted by Crippen LogP contribution is -2.43. The van der Waals surface area contributed by atoms with Crippen LogP contribution in [0.3, 0.4) is 0 Å². The number of hydrogen-bond acceptors (Lipinski definition) is 5. The summed E-state index contributed by atoms with van der Waals surface area (Å²) in [6.45, 7) is 5.49. The van der Waals surface area contributed by atoms with E-state index in [1.165, 1.54) is 22.6 Å². The molecule has 1 amide bonds. The molecule has 23 heavy (non-hydrogen) atoms. The van der Waals surface area contributed by atoms with Crippen LogP contribution in [0.25, 0.3) is 0 Å². The number of carbonyl (C=O) groups is 1. The molecular formula is C16H22N4O2S. The normalized spacial score (nSPS) is 17.9. The second kappa shape index (κ2) is 7.25. The van der Waals surface area contributed by atoms with Crippen LogP contribution in [0.4, 0.5) is 0 Å². The highest BCUT2D eigenvalue weighted by molar-refractivity contribution is 7.11. The van der Waals surface area contributed by atoms with E-state index >= 15 is 0 Å². The summed E-state index contributed by atoms with van der Waals surface area (Å²) in [5, 5.41) is 7.34. The highest BCUT2D eigenvalue weighted by atomic mass is 32.1. The summed E-state index contributed by atoms with van der Waals surface area (Å²) in [7, 11) is 1.52. The van der Waals surface area contributed by atoms with E-state index in [9.17, 15) is 4.79 Å². The standard InChI is InChI=1S/C16H22N4O2S/c1-12-3-4-15(23-12)10-19-8-13-5-6-18-20(13)14(9-19)7-17-16(21)11-22-2/h3-6,14H,7-11H2,1-2H3,(H,17,21)/t14-/m0/s1. The van der Waals surface area contributed by atoms with E-state index in [1.54, 1.807) is 0 Å². The Morgan fingerprint density at radius 2 is 2.35 bits per heavy atom. The molecule has 0 saturated heterocycles. The van der Waals surface area contributed by atoms with Gasteiger partial charge in [-0.2, -0.15) is 5.10 Å². The maximum atomic E-state index is 11.6. The number of hydrogen-bond donors (Lipinski definition) is 1. The molecule has 0 radical (unpaired) electrons. The van der Waals surface area contributed by atoms with Gasteiger partial charge in [0.2, 0.25) is 5.91 Å². The van der Waals surface area contributed by atoms with Crippen LogP contribution in [-0.4, -0.2) is 47.4 Å². The maximum Gasteiger partial charge on any atom is 0.246 e. The van der Waals surface area contributed by atoms with Crippen LogP contribution < -0.4 is 5.32 Å². The van der Waals surface area contributed by atoms with Gasteiger partial charge in [0.15, 0.2) is 0 Å². The van der Waals surface area contributed by atoms with Gasteiger partial charge in [-0.15, -0.1) is 11.3 Å². The first-order chi connectivity index (χ1) is 11.2. The number of thiophene rings is 1.